The second-order valence-corrected chi connectivity index (χ2v) is 7.32. The summed E-state index contributed by atoms with van der Waals surface area (Å²) >= 11 is 1.37. The van der Waals surface area contributed by atoms with Crippen LogP contribution < -0.4 is 15.1 Å². The summed E-state index contributed by atoms with van der Waals surface area (Å²) in [7, 11) is 7.53. The number of carbonyl (C=O) groups is 1. The zero-order valence-corrected chi connectivity index (χ0v) is 17.2. The monoisotopic (exact) mass is 397 g/mol. The van der Waals surface area contributed by atoms with E-state index in [1.54, 1.807) is 13.3 Å². The van der Waals surface area contributed by atoms with Crippen LogP contribution in [-0.2, 0) is 11.8 Å². The molecular weight excluding hydrogens is 374 g/mol. The Morgan fingerprint density at radius 3 is 2.71 bits per heavy atom. The Balaban J connectivity index is 1.55. The first kappa shape index (κ1) is 19.8. The van der Waals surface area contributed by atoms with Crippen LogP contribution >= 0.6 is 11.8 Å². The molecule has 1 N–H and O–H groups in total. The third kappa shape index (κ3) is 4.64. The molecule has 0 aliphatic carbocycles. The molecule has 2 aromatic carbocycles. The minimum atomic E-state index is -0.184. The van der Waals surface area contributed by atoms with Gasteiger partial charge in [-0.05, 0) is 29.8 Å². The van der Waals surface area contributed by atoms with Crippen LogP contribution in [-0.4, -0.2) is 48.6 Å². The van der Waals surface area contributed by atoms with Gasteiger partial charge in [-0.1, -0.05) is 23.9 Å². The summed E-state index contributed by atoms with van der Waals surface area (Å²) in [6, 6.07) is 13.6. The molecule has 0 aliphatic rings. The van der Waals surface area contributed by atoms with Crippen LogP contribution in [0.1, 0.15) is 5.56 Å². The van der Waals surface area contributed by atoms with Gasteiger partial charge in [0.05, 0.1) is 30.1 Å². The maximum Gasteiger partial charge on any atom is 0.250 e. The van der Waals surface area contributed by atoms with E-state index in [1.165, 1.54) is 11.8 Å². The SMILES string of the molecule is COc1ccc2c(c1)nc(SCC(=O)NN=Cc1ccc(N(C)C)cc1)n2C. The van der Waals surface area contributed by atoms with Crippen LogP contribution in [0.4, 0.5) is 5.69 Å². The molecule has 3 aromatic rings. The molecule has 3 rings (SSSR count). The molecule has 7 nitrogen and oxygen atoms in total. The average molecular weight is 398 g/mol. The molecule has 8 heteroatoms. The van der Waals surface area contributed by atoms with Gasteiger partial charge >= 0.3 is 0 Å². The van der Waals surface area contributed by atoms with Gasteiger partial charge in [0.15, 0.2) is 5.16 Å². The van der Waals surface area contributed by atoms with Gasteiger partial charge in [0.1, 0.15) is 5.75 Å². The summed E-state index contributed by atoms with van der Waals surface area (Å²) in [6.07, 6.45) is 1.63. The average Bonchev–Trinajstić information content (AvgIpc) is 3.01. The van der Waals surface area contributed by atoms with Crippen molar-refractivity contribution in [1.29, 1.82) is 0 Å². The van der Waals surface area contributed by atoms with E-state index in [2.05, 4.69) is 15.5 Å². The van der Waals surface area contributed by atoms with E-state index in [1.807, 2.05) is 73.1 Å². The molecule has 0 saturated carbocycles. The number of fused-ring (bicyclic) bond motifs is 1. The smallest absolute Gasteiger partial charge is 0.250 e. The lowest BCUT2D eigenvalue weighted by Gasteiger charge is -2.11. The normalized spacial score (nSPS) is 11.1. The standard InChI is InChI=1S/C20H23N5O2S/c1-24(2)15-7-5-14(6-8-15)12-21-23-19(26)13-28-20-22-17-11-16(27-4)9-10-18(17)25(20)3/h5-12H,13H2,1-4H3,(H,23,26). The molecule has 1 aromatic heterocycles. The fourth-order valence-corrected chi connectivity index (χ4v) is 3.39. The minimum absolute atomic E-state index is 0.184. The van der Waals surface area contributed by atoms with E-state index < -0.39 is 0 Å². The summed E-state index contributed by atoms with van der Waals surface area (Å²) in [5.74, 6) is 0.800. The van der Waals surface area contributed by atoms with Crippen molar-refractivity contribution in [1.82, 2.24) is 15.0 Å². The number of thioether (sulfide) groups is 1. The van der Waals surface area contributed by atoms with E-state index in [0.29, 0.717) is 0 Å². The molecule has 146 valence electrons. The highest BCUT2D eigenvalue weighted by molar-refractivity contribution is 7.99. The first-order chi connectivity index (χ1) is 13.5. The lowest BCUT2D eigenvalue weighted by atomic mass is 10.2. The van der Waals surface area contributed by atoms with Gasteiger partial charge in [-0.2, -0.15) is 5.10 Å². The van der Waals surface area contributed by atoms with Crippen molar-refractivity contribution in [3.8, 4) is 5.75 Å². The van der Waals surface area contributed by atoms with Crippen molar-refractivity contribution >= 4 is 40.6 Å². The van der Waals surface area contributed by atoms with Crippen molar-refractivity contribution in [3.63, 3.8) is 0 Å². The number of aromatic nitrogens is 2. The number of ether oxygens (including phenoxy) is 1. The van der Waals surface area contributed by atoms with Gasteiger partial charge in [-0.3, -0.25) is 4.79 Å². The number of hydrazone groups is 1. The van der Waals surface area contributed by atoms with Crippen molar-refractivity contribution in [2.75, 3.05) is 31.9 Å². The summed E-state index contributed by atoms with van der Waals surface area (Å²) in [5, 5.41) is 4.79. The number of anilines is 1. The third-order valence-corrected chi connectivity index (χ3v) is 5.22. The second-order valence-electron chi connectivity index (χ2n) is 6.38. The summed E-state index contributed by atoms with van der Waals surface area (Å²) in [4.78, 5) is 18.7. The van der Waals surface area contributed by atoms with Crippen molar-refractivity contribution in [2.24, 2.45) is 12.1 Å². The van der Waals surface area contributed by atoms with E-state index in [9.17, 15) is 4.79 Å². The number of hydrogen-bond donors (Lipinski definition) is 1. The number of benzene rings is 2. The Kier molecular flexibility index (Phi) is 6.20. The molecule has 0 aliphatic heterocycles. The number of methoxy groups -OCH3 is 1. The van der Waals surface area contributed by atoms with Crippen LogP contribution in [0.5, 0.6) is 5.75 Å². The Bertz CT molecular complexity index is 996. The largest absolute Gasteiger partial charge is 0.497 e. The predicted molar refractivity (Wildman–Crippen MR) is 114 cm³/mol. The highest BCUT2D eigenvalue weighted by atomic mass is 32.2. The predicted octanol–water partition coefficient (Wildman–Crippen LogP) is 2.89. The van der Waals surface area contributed by atoms with Gasteiger partial charge in [-0.25, -0.2) is 10.4 Å². The molecule has 0 bridgehead atoms. The number of amides is 1. The first-order valence-corrected chi connectivity index (χ1v) is 9.69. The van der Waals surface area contributed by atoms with Crippen LogP contribution in [0.15, 0.2) is 52.7 Å². The summed E-state index contributed by atoms with van der Waals surface area (Å²) in [6.45, 7) is 0. The van der Waals surface area contributed by atoms with E-state index in [4.69, 9.17) is 4.74 Å². The second kappa shape index (κ2) is 8.79. The molecule has 0 fully saturated rings. The maximum atomic E-state index is 12.1. The topological polar surface area (TPSA) is 71.8 Å². The zero-order valence-electron chi connectivity index (χ0n) is 16.3. The molecule has 0 atom stereocenters. The molecule has 0 spiro atoms. The molecular formula is C20H23N5O2S. The number of rotatable bonds is 7. The van der Waals surface area contributed by atoms with Gasteiger partial charge < -0.3 is 14.2 Å². The molecule has 0 saturated heterocycles. The molecule has 0 radical (unpaired) electrons. The number of imidazole rings is 1. The van der Waals surface area contributed by atoms with Crippen LogP contribution in [0, 0.1) is 0 Å². The Morgan fingerprint density at radius 2 is 2.04 bits per heavy atom. The summed E-state index contributed by atoms with van der Waals surface area (Å²) < 4.78 is 7.19. The maximum absolute atomic E-state index is 12.1. The van der Waals surface area contributed by atoms with Gasteiger partial charge in [0, 0.05) is 32.9 Å². The lowest BCUT2D eigenvalue weighted by Crippen LogP contribution is -2.19. The number of nitrogens with one attached hydrogen (secondary N) is 1. The van der Waals surface area contributed by atoms with Crippen molar-refractivity contribution in [2.45, 2.75) is 5.16 Å². The fraction of sp³-hybridized carbons (Fsp3) is 0.250. The molecule has 28 heavy (non-hydrogen) atoms. The van der Waals surface area contributed by atoms with Crippen LogP contribution in [0.2, 0.25) is 0 Å². The Labute approximate surface area is 168 Å². The van der Waals surface area contributed by atoms with E-state index in [-0.39, 0.29) is 11.7 Å². The molecule has 1 amide bonds. The highest BCUT2D eigenvalue weighted by Gasteiger charge is 2.11. The van der Waals surface area contributed by atoms with Gasteiger partial charge in [0.2, 0.25) is 0 Å². The Morgan fingerprint density at radius 1 is 1.29 bits per heavy atom. The molecule has 0 unspecified atom stereocenters. The van der Waals surface area contributed by atoms with Crippen molar-refractivity contribution < 1.29 is 9.53 Å². The van der Waals surface area contributed by atoms with Crippen molar-refractivity contribution in [3.05, 3.63) is 48.0 Å². The van der Waals surface area contributed by atoms with Gasteiger partial charge in [-0.15, -0.1) is 0 Å². The highest BCUT2D eigenvalue weighted by Crippen LogP contribution is 2.25. The summed E-state index contributed by atoms with van der Waals surface area (Å²) in [5.41, 5.74) is 6.41. The third-order valence-electron chi connectivity index (χ3n) is 4.19. The number of nitrogens with zero attached hydrogens (tertiary/aromatic N) is 4. The number of hydrogen-bond acceptors (Lipinski definition) is 6. The first-order valence-electron chi connectivity index (χ1n) is 8.70. The van der Waals surface area contributed by atoms with E-state index in [0.717, 1.165) is 33.2 Å². The lowest BCUT2D eigenvalue weighted by molar-refractivity contribution is -0.118. The zero-order chi connectivity index (χ0) is 20.1. The fourth-order valence-electron chi connectivity index (χ4n) is 2.61. The Hall–Kier alpha value is -3.00. The molecule has 1 heterocycles. The number of carbonyl (C=O) groups excluding carboxylic acids is 1. The quantitative estimate of drug-likeness (QED) is 0.377. The van der Waals surface area contributed by atoms with E-state index >= 15 is 0 Å². The van der Waals surface area contributed by atoms with Crippen LogP contribution in [0.25, 0.3) is 11.0 Å². The number of aryl methyl sites for hydroxylation is 1. The van der Waals surface area contributed by atoms with Gasteiger partial charge in [0.25, 0.3) is 5.91 Å². The minimum Gasteiger partial charge on any atom is -0.497 e. The van der Waals surface area contributed by atoms with Crippen LogP contribution in [0.3, 0.4) is 0 Å².